The van der Waals surface area contributed by atoms with Crippen LogP contribution in [0.4, 0.5) is 10.5 Å². The van der Waals surface area contributed by atoms with Gasteiger partial charge in [-0.3, -0.25) is 10.3 Å². The average Bonchev–Trinajstić information content (AvgIpc) is 2.05. The van der Waals surface area contributed by atoms with E-state index in [1.165, 1.54) is 0 Å². The van der Waals surface area contributed by atoms with E-state index in [1.54, 1.807) is 18.5 Å². The molecule has 15 heavy (non-hydrogen) atoms. The molecule has 0 spiro atoms. The van der Waals surface area contributed by atoms with Crippen molar-refractivity contribution in [3.05, 3.63) is 22.9 Å². The highest BCUT2D eigenvalue weighted by Gasteiger charge is 2.16. The van der Waals surface area contributed by atoms with E-state index in [0.717, 1.165) is 4.47 Å². The number of hydrogen-bond donors (Lipinski definition) is 1. The average molecular weight is 273 g/mol. The number of aromatic nitrogens is 1. The van der Waals surface area contributed by atoms with Gasteiger partial charge in [0.05, 0.1) is 10.2 Å². The summed E-state index contributed by atoms with van der Waals surface area (Å²) in [7, 11) is 0. The first kappa shape index (κ1) is 12.0. The van der Waals surface area contributed by atoms with Crippen LogP contribution < -0.4 is 5.32 Å². The van der Waals surface area contributed by atoms with Crippen molar-refractivity contribution in [2.24, 2.45) is 0 Å². The van der Waals surface area contributed by atoms with Crippen LogP contribution in [0.15, 0.2) is 22.9 Å². The van der Waals surface area contributed by atoms with Gasteiger partial charge in [0.25, 0.3) is 0 Å². The first-order chi connectivity index (χ1) is 6.88. The molecule has 1 aromatic heterocycles. The Labute approximate surface area is 97.2 Å². The minimum Gasteiger partial charge on any atom is -0.444 e. The van der Waals surface area contributed by atoms with Gasteiger partial charge in [-0.05, 0) is 42.8 Å². The molecule has 4 nitrogen and oxygen atoms in total. The Morgan fingerprint density at radius 1 is 1.53 bits per heavy atom. The van der Waals surface area contributed by atoms with Crippen LogP contribution in [-0.2, 0) is 4.74 Å². The predicted octanol–water partition coefficient (Wildman–Crippen LogP) is 3.19. The lowest BCUT2D eigenvalue weighted by Crippen LogP contribution is -2.27. The zero-order valence-corrected chi connectivity index (χ0v) is 10.5. The standard InChI is InChI=1S/C10H13BrN2O2/c1-10(2,3)15-9(14)13-8-4-5-12-6-7(8)11/h4-6H,1-3H3,(H,12,13,14). The summed E-state index contributed by atoms with van der Waals surface area (Å²) in [5.41, 5.74) is 0.142. The number of nitrogens with one attached hydrogen (secondary N) is 1. The molecule has 0 bridgehead atoms. The summed E-state index contributed by atoms with van der Waals surface area (Å²) in [5.74, 6) is 0. The van der Waals surface area contributed by atoms with Crippen LogP contribution in [0.1, 0.15) is 20.8 Å². The molecule has 1 aromatic rings. The number of pyridine rings is 1. The molecule has 0 fully saturated rings. The van der Waals surface area contributed by atoms with E-state index in [-0.39, 0.29) is 0 Å². The number of ether oxygens (including phenoxy) is 1. The van der Waals surface area contributed by atoms with Crippen LogP contribution in [0.3, 0.4) is 0 Å². The van der Waals surface area contributed by atoms with Gasteiger partial charge in [-0.15, -0.1) is 0 Å². The Bertz CT molecular complexity index is 361. The number of carbonyl (C=O) groups excluding carboxylic acids is 1. The van der Waals surface area contributed by atoms with Gasteiger partial charge in [0.15, 0.2) is 0 Å². The van der Waals surface area contributed by atoms with Gasteiger partial charge in [0.1, 0.15) is 5.60 Å². The van der Waals surface area contributed by atoms with Gasteiger partial charge in [0.2, 0.25) is 0 Å². The molecule has 0 saturated carbocycles. The highest BCUT2D eigenvalue weighted by molar-refractivity contribution is 9.10. The third-order valence-electron chi connectivity index (χ3n) is 1.41. The highest BCUT2D eigenvalue weighted by Crippen LogP contribution is 2.20. The molecule has 0 saturated heterocycles. The third-order valence-corrected chi connectivity index (χ3v) is 2.04. The van der Waals surface area contributed by atoms with Crippen molar-refractivity contribution in [3.63, 3.8) is 0 Å². The molecule has 0 atom stereocenters. The van der Waals surface area contributed by atoms with Crippen LogP contribution >= 0.6 is 15.9 Å². The largest absolute Gasteiger partial charge is 0.444 e. The number of anilines is 1. The fourth-order valence-electron chi connectivity index (χ4n) is 0.890. The maximum atomic E-state index is 11.4. The molecule has 82 valence electrons. The molecule has 1 N–H and O–H groups in total. The molecule has 1 amide bonds. The van der Waals surface area contributed by atoms with Crippen molar-refractivity contribution in [1.82, 2.24) is 4.98 Å². The quantitative estimate of drug-likeness (QED) is 0.854. The number of nitrogens with zero attached hydrogens (tertiary/aromatic N) is 1. The summed E-state index contributed by atoms with van der Waals surface area (Å²) in [6, 6.07) is 1.69. The van der Waals surface area contributed by atoms with Crippen molar-refractivity contribution >= 4 is 27.7 Å². The molecule has 0 unspecified atom stereocenters. The van der Waals surface area contributed by atoms with Gasteiger partial charge in [-0.1, -0.05) is 0 Å². The van der Waals surface area contributed by atoms with Crippen molar-refractivity contribution in [3.8, 4) is 0 Å². The SMILES string of the molecule is CC(C)(C)OC(=O)Nc1ccncc1Br. The first-order valence-corrected chi connectivity index (χ1v) is 5.27. The first-order valence-electron chi connectivity index (χ1n) is 4.48. The second kappa shape index (κ2) is 4.61. The number of amides is 1. The van der Waals surface area contributed by atoms with E-state index < -0.39 is 11.7 Å². The number of carbonyl (C=O) groups is 1. The maximum Gasteiger partial charge on any atom is 0.412 e. The van der Waals surface area contributed by atoms with Crippen molar-refractivity contribution in [1.29, 1.82) is 0 Å². The second-order valence-corrected chi connectivity index (χ2v) is 4.84. The van der Waals surface area contributed by atoms with Crippen LogP contribution in [0.2, 0.25) is 0 Å². The van der Waals surface area contributed by atoms with Crippen LogP contribution in [0, 0.1) is 0 Å². The summed E-state index contributed by atoms with van der Waals surface area (Å²) in [6.45, 7) is 5.44. The molecule has 5 heteroatoms. The van der Waals surface area contributed by atoms with Crippen molar-refractivity contribution < 1.29 is 9.53 Å². The topological polar surface area (TPSA) is 51.2 Å². The Balaban J connectivity index is 2.64. The van der Waals surface area contributed by atoms with Gasteiger partial charge in [-0.25, -0.2) is 4.79 Å². The number of halogens is 1. The zero-order chi connectivity index (χ0) is 11.5. The van der Waals surface area contributed by atoms with E-state index in [1.807, 2.05) is 20.8 Å². The molecule has 0 radical (unpaired) electrons. The number of hydrogen-bond acceptors (Lipinski definition) is 3. The summed E-state index contributed by atoms with van der Waals surface area (Å²) in [4.78, 5) is 15.3. The fourth-order valence-corrected chi connectivity index (χ4v) is 1.24. The predicted molar refractivity (Wildman–Crippen MR) is 61.8 cm³/mol. The summed E-state index contributed by atoms with van der Waals surface area (Å²) >= 11 is 3.27. The maximum absolute atomic E-state index is 11.4. The summed E-state index contributed by atoms with van der Waals surface area (Å²) in [5, 5.41) is 2.62. The molecule has 0 aliphatic rings. The van der Waals surface area contributed by atoms with Gasteiger partial charge in [0, 0.05) is 12.4 Å². The Morgan fingerprint density at radius 3 is 2.73 bits per heavy atom. The monoisotopic (exact) mass is 272 g/mol. The lowest BCUT2D eigenvalue weighted by atomic mass is 10.2. The van der Waals surface area contributed by atoms with Gasteiger partial charge < -0.3 is 4.74 Å². The van der Waals surface area contributed by atoms with E-state index >= 15 is 0 Å². The summed E-state index contributed by atoms with van der Waals surface area (Å²) < 4.78 is 5.82. The molecule has 0 aliphatic heterocycles. The molecule has 1 rings (SSSR count). The smallest absolute Gasteiger partial charge is 0.412 e. The third kappa shape index (κ3) is 4.29. The Morgan fingerprint density at radius 2 is 2.20 bits per heavy atom. The zero-order valence-electron chi connectivity index (χ0n) is 8.87. The Hall–Kier alpha value is -1.10. The minimum absolute atomic E-state index is 0.477. The molecular formula is C10H13BrN2O2. The lowest BCUT2D eigenvalue weighted by molar-refractivity contribution is 0.0636. The number of rotatable bonds is 1. The lowest BCUT2D eigenvalue weighted by Gasteiger charge is -2.19. The van der Waals surface area contributed by atoms with Gasteiger partial charge in [-0.2, -0.15) is 0 Å². The van der Waals surface area contributed by atoms with Crippen LogP contribution in [0.5, 0.6) is 0 Å². The molecule has 0 aliphatic carbocycles. The van der Waals surface area contributed by atoms with Gasteiger partial charge >= 0.3 is 6.09 Å². The van der Waals surface area contributed by atoms with E-state index in [0.29, 0.717) is 5.69 Å². The minimum atomic E-state index is -0.496. The van der Waals surface area contributed by atoms with Crippen molar-refractivity contribution in [2.75, 3.05) is 5.32 Å². The van der Waals surface area contributed by atoms with Crippen LogP contribution in [-0.4, -0.2) is 16.7 Å². The molecular weight excluding hydrogens is 260 g/mol. The normalized spacial score (nSPS) is 10.9. The van der Waals surface area contributed by atoms with Crippen molar-refractivity contribution in [2.45, 2.75) is 26.4 Å². The highest BCUT2D eigenvalue weighted by atomic mass is 79.9. The second-order valence-electron chi connectivity index (χ2n) is 3.98. The Kier molecular flexibility index (Phi) is 3.68. The fraction of sp³-hybridized carbons (Fsp3) is 0.400. The molecule has 1 heterocycles. The van der Waals surface area contributed by atoms with E-state index in [2.05, 4.69) is 26.2 Å². The van der Waals surface area contributed by atoms with Crippen LogP contribution in [0.25, 0.3) is 0 Å². The molecule has 0 aromatic carbocycles. The summed E-state index contributed by atoms with van der Waals surface area (Å²) in [6.07, 6.45) is 2.72. The van der Waals surface area contributed by atoms with E-state index in [4.69, 9.17) is 4.74 Å². The van der Waals surface area contributed by atoms with E-state index in [9.17, 15) is 4.79 Å².